The Balaban J connectivity index is 2.01. The van der Waals surface area contributed by atoms with E-state index in [4.69, 9.17) is 4.74 Å². The minimum atomic E-state index is -1.25. The number of likely N-dealkylation sites (tertiary alicyclic amines) is 1. The fraction of sp³-hybridized carbons (Fsp3) is 0.643. The lowest BCUT2D eigenvalue weighted by atomic mass is 10.2. The number of ether oxygens (including phenoxy) is 1. The van der Waals surface area contributed by atoms with Crippen LogP contribution in [0, 0.1) is 6.92 Å². The predicted octanol–water partition coefficient (Wildman–Crippen LogP) is 1.90. The van der Waals surface area contributed by atoms with E-state index in [1.807, 2.05) is 20.8 Å². The van der Waals surface area contributed by atoms with E-state index in [0.717, 1.165) is 0 Å². The predicted molar refractivity (Wildman–Crippen MR) is 79.4 cm³/mol. The first-order chi connectivity index (χ1) is 9.78. The monoisotopic (exact) mass is 311 g/mol. The molecule has 21 heavy (non-hydrogen) atoms. The molecule has 1 aromatic rings. The molecule has 0 aliphatic carbocycles. The molecule has 1 aliphatic rings. The fourth-order valence-electron chi connectivity index (χ4n) is 2.15. The van der Waals surface area contributed by atoms with Gasteiger partial charge in [-0.25, -0.2) is 9.78 Å². The van der Waals surface area contributed by atoms with Crippen LogP contribution in [-0.4, -0.2) is 49.1 Å². The molecule has 116 valence electrons. The highest BCUT2D eigenvalue weighted by atomic mass is 32.2. The lowest BCUT2D eigenvalue weighted by molar-refractivity contribution is 0.0295. The number of aryl methyl sites for hydroxylation is 1. The fourth-order valence-corrected chi connectivity index (χ4v) is 3.60. The van der Waals surface area contributed by atoms with Crippen LogP contribution in [0.3, 0.4) is 0 Å². The molecule has 0 N–H and O–H groups in total. The van der Waals surface area contributed by atoms with Crippen LogP contribution in [0.4, 0.5) is 4.79 Å². The highest BCUT2D eigenvalue weighted by Crippen LogP contribution is 2.22. The van der Waals surface area contributed by atoms with E-state index in [2.05, 4.69) is 9.97 Å². The summed E-state index contributed by atoms with van der Waals surface area (Å²) in [6.45, 7) is 8.28. The largest absolute Gasteiger partial charge is 0.444 e. The molecule has 0 saturated carbocycles. The Kier molecular flexibility index (Phi) is 4.61. The number of nitrogens with zero attached hydrogens (tertiary/aromatic N) is 3. The van der Waals surface area contributed by atoms with Gasteiger partial charge in [0.2, 0.25) is 0 Å². The molecular formula is C14H21N3O3S. The van der Waals surface area contributed by atoms with E-state index in [1.165, 1.54) is 0 Å². The molecule has 0 bridgehead atoms. The summed E-state index contributed by atoms with van der Waals surface area (Å²) >= 11 is 0. The number of carbonyl (C=O) groups is 1. The second-order valence-electron chi connectivity index (χ2n) is 6.08. The van der Waals surface area contributed by atoms with Gasteiger partial charge in [-0.05, 0) is 34.1 Å². The van der Waals surface area contributed by atoms with Crippen LogP contribution in [0.25, 0.3) is 0 Å². The highest BCUT2D eigenvalue weighted by molar-refractivity contribution is 7.85. The van der Waals surface area contributed by atoms with Crippen molar-refractivity contribution in [3.8, 4) is 0 Å². The number of amides is 1. The Morgan fingerprint density at radius 1 is 1.38 bits per heavy atom. The maximum atomic E-state index is 12.6. The highest BCUT2D eigenvalue weighted by Gasteiger charge is 2.34. The number of rotatable bonds is 2. The molecule has 0 spiro atoms. The molecule has 1 aromatic heterocycles. The van der Waals surface area contributed by atoms with Gasteiger partial charge in [0.05, 0.1) is 21.7 Å². The summed E-state index contributed by atoms with van der Waals surface area (Å²) < 4.78 is 17.9. The second kappa shape index (κ2) is 6.09. The van der Waals surface area contributed by atoms with Crippen molar-refractivity contribution in [2.24, 2.45) is 0 Å². The molecule has 7 heteroatoms. The van der Waals surface area contributed by atoms with Crippen molar-refractivity contribution < 1.29 is 13.7 Å². The van der Waals surface area contributed by atoms with Gasteiger partial charge in [-0.15, -0.1) is 0 Å². The standard InChI is InChI=1S/C14H21N3O3S/c1-10-12(16-7-6-15-10)21(19)11-5-8-17(9-11)13(18)20-14(2,3)4/h6-7,11H,5,8-9H2,1-4H3/t11-,21-/m1/s1. The Bertz CT molecular complexity index is 557. The molecule has 1 aliphatic heterocycles. The van der Waals surface area contributed by atoms with Crippen molar-refractivity contribution in [3.05, 3.63) is 18.1 Å². The van der Waals surface area contributed by atoms with Gasteiger partial charge in [0, 0.05) is 25.5 Å². The third-order valence-electron chi connectivity index (χ3n) is 3.13. The van der Waals surface area contributed by atoms with Gasteiger partial charge in [-0.1, -0.05) is 0 Å². The topological polar surface area (TPSA) is 72.4 Å². The van der Waals surface area contributed by atoms with Crippen LogP contribution in [0.1, 0.15) is 32.9 Å². The molecule has 2 rings (SSSR count). The third kappa shape index (κ3) is 4.00. The van der Waals surface area contributed by atoms with Crippen molar-refractivity contribution >= 4 is 16.9 Å². The van der Waals surface area contributed by atoms with Crippen LogP contribution in [-0.2, 0) is 15.5 Å². The molecule has 1 saturated heterocycles. The summed E-state index contributed by atoms with van der Waals surface area (Å²) in [6, 6.07) is 0. The van der Waals surface area contributed by atoms with Crippen molar-refractivity contribution in [3.63, 3.8) is 0 Å². The molecule has 1 fully saturated rings. The normalized spacial score (nSPS) is 20.4. The Morgan fingerprint density at radius 3 is 2.67 bits per heavy atom. The summed E-state index contributed by atoms with van der Waals surface area (Å²) in [4.78, 5) is 21.9. The molecule has 1 amide bonds. The second-order valence-corrected chi connectivity index (χ2v) is 7.73. The van der Waals surface area contributed by atoms with E-state index in [1.54, 1.807) is 24.2 Å². The van der Waals surface area contributed by atoms with E-state index in [-0.39, 0.29) is 11.3 Å². The molecule has 0 radical (unpaired) electrons. The van der Waals surface area contributed by atoms with Crippen LogP contribution in [0.2, 0.25) is 0 Å². The van der Waals surface area contributed by atoms with Gasteiger partial charge >= 0.3 is 6.09 Å². The van der Waals surface area contributed by atoms with Gasteiger partial charge in [0.25, 0.3) is 0 Å². The molecule has 0 aromatic carbocycles. The van der Waals surface area contributed by atoms with Crippen LogP contribution in [0.15, 0.2) is 17.4 Å². The van der Waals surface area contributed by atoms with E-state index >= 15 is 0 Å². The summed E-state index contributed by atoms with van der Waals surface area (Å²) in [7, 11) is -1.25. The summed E-state index contributed by atoms with van der Waals surface area (Å²) in [6.07, 6.45) is 3.46. The smallest absolute Gasteiger partial charge is 0.410 e. The number of hydrogen-bond acceptors (Lipinski definition) is 5. The van der Waals surface area contributed by atoms with Crippen molar-refractivity contribution in [1.82, 2.24) is 14.9 Å². The van der Waals surface area contributed by atoms with Gasteiger partial charge in [-0.2, -0.15) is 0 Å². The zero-order valence-electron chi connectivity index (χ0n) is 12.8. The quantitative estimate of drug-likeness (QED) is 0.834. The first-order valence-corrected chi connectivity index (χ1v) is 8.15. The maximum Gasteiger partial charge on any atom is 0.410 e. The average Bonchev–Trinajstić information content (AvgIpc) is 2.86. The van der Waals surface area contributed by atoms with Gasteiger partial charge in [0.1, 0.15) is 10.6 Å². The minimum absolute atomic E-state index is 0.118. The van der Waals surface area contributed by atoms with Crippen LogP contribution in [0.5, 0.6) is 0 Å². The van der Waals surface area contributed by atoms with E-state index in [9.17, 15) is 9.00 Å². The lowest BCUT2D eigenvalue weighted by Gasteiger charge is -2.24. The summed E-state index contributed by atoms with van der Waals surface area (Å²) in [5.74, 6) is 0. The third-order valence-corrected chi connectivity index (χ3v) is 4.90. The number of hydrogen-bond donors (Lipinski definition) is 0. The maximum absolute atomic E-state index is 12.6. The van der Waals surface area contributed by atoms with E-state index < -0.39 is 16.4 Å². The van der Waals surface area contributed by atoms with Gasteiger partial charge in [-0.3, -0.25) is 9.19 Å². The Morgan fingerprint density at radius 2 is 2.05 bits per heavy atom. The molecule has 0 unspecified atom stereocenters. The minimum Gasteiger partial charge on any atom is -0.444 e. The SMILES string of the molecule is Cc1nccnc1[S@](=O)[C@@H]1CCN(C(=O)OC(C)(C)C)C1. The van der Waals surface area contributed by atoms with E-state index in [0.29, 0.717) is 30.2 Å². The molecule has 2 heterocycles. The zero-order chi connectivity index (χ0) is 15.6. The van der Waals surface area contributed by atoms with Gasteiger partial charge < -0.3 is 9.64 Å². The van der Waals surface area contributed by atoms with Gasteiger partial charge in [0.15, 0.2) is 0 Å². The molecule has 6 nitrogen and oxygen atoms in total. The zero-order valence-corrected chi connectivity index (χ0v) is 13.6. The molecule has 2 atom stereocenters. The first-order valence-electron chi connectivity index (χ1n) is 6.94. The van der Waals surface area contributed by atoms with Crippen molar-refractivity contribution in [1.29, 1.82) is 0 Å². The van der Waals surface area contributed by atoms with Crippen LogP contribution >= 0.6 is 0 Å². The van der Waals surface area contributed by atoms with Crippen molar-refractivity contribution in [2.75, 3.05) is 13.1 Å². The molecular weight excluding hydrogens is 290 g/mol. The number of aromatic nitrogens is 2. The first kappa shape index (κ1) is 15.9. The van der Waals surface area contributed by atoms with Crippen molar-refractivity contribution in [2.45, 2.75) is 50.0 Å². The number of carbonyl (C=O) groups excluding carboxylic acids is 1. The van der Waals surface area contributed by atoms with Crippen LogP contribution < -0.4 is 0 Å². The summed E-state index contributed by atoms with van der Waals surface area (Å²) in [5.41, 5.74) is 0.155. The lowest BCUT2D eigenvalue weighted by Crippen LogP contribution is -2.36. The Hall–Kier alpha value is -1.50. The average molecular weight is 311 g/mol. The Labute approximate surface area is 127 Å². The summed E-state index contributed by atoms with van der Waals surface area (Å²) in [5, 5.41) is 0.390.